The van der Waals surface area contributed by atoms with Crippen LogP contribution in [0.2, 0.25) is 0 Å². The third kappa shape index (κ3) is 10.3. The average molecular weight is 1360 g/mol. The van der Waals surface area contributed by atoms with Crippen molar-refractivity contribution in [2.24, 2.45) is 0 Å². The summed E-state index contributed by atoms with van der Waals surface area (Å²) in [7, 11) is 0. The number of aromatic nitrogens is 6. The van der Waals surface area contributed by atoms with Crippen molar-refractivity contribution < 1.29 is 0 Å². The lowest BCUT2D eigenvalue weighted by molar-refractivity contribution is 0.659. The van der Waals surface area contributed by atoms with Gasteiger partial charge in [0.15, 0.2) is 34.9 Å². The first-order chi connectivity index (χ1) is 51.8. The lowest BCUT2D eigenvalue weighted by atomic mass is 9.67. The van der Waals surface area contributed by atoms with Gasteiger partial charge in [0.1, 0.15) is 0 Å². The Bertz CT molecular complexity index is 5990. The highest BCUT2D eigenvalue weighted by atomic mass is 15.0. The van der Waals surface area contributed by atoms with Crippen LogP contribution in [-0.4, -0.2) is 29.9 Å². The monoisotopic (exact) mass is 1360 g/mol. The van der Waals surface area contributed by atoms with Crippen molar-refractivity contribution in [2.75, 3.05) is 0 Å². The molecule has 0 saturated heterocycles. The molecule has 0 atom stereocenters. The number of hydrogen-bond acceptors (Lipinski definition) is 6. The Hall–Kier alpha value is -12.9. The predicted molar refractivity (Wildman–Crippen MR) is 433 cm³/mol. The first-order valence-corrected chi connectivity index (χ1v) is 36.7. The Morgan fingerprint density at radius 1 is 0.170 bits per heavy atom. The summed E-state index contributed by atoms with van der Waals surface area (Å²) in [4.78, 5) is 30.0. The van der Waals surface area contributed by atoms with E-state index in [1.165, 1.54) is 122 Å². The molecule has 0 N–H and O–H groups in total. The summed E-state index contributed by atoms with van der Waals surface area (Å²) in [6.07, 6.45) is 0. The largest absolute Gasteiger partial charge is 0.208 e. The van der Waals surface area contributed by atoms with Crippen LogP contribution >= 0.6 is 0 Å². The molecule has 0 spiro atoms. The molecule has 504 valence electrons. The number of rotatable bonds is 10. The fourth-order valence-electron chi connectivity index (χ4n) is 17.6. The van der Waals surface area contributed by atoms with Gasteiger partial charge in [0.25, 0.3) is 0 Å². The minimum absolute atomic E-state index is 0.0274. The molecule has 0 saturated carbocycles. The van der Waals surface area contributed by atoms with Crippen LogP contribution < -0.4 is 0 Å². The van der Waals surface area contributed by atoms with E-state index in [-0.39, 0.29) is 16.2 Å². The van der Waals surface area contributed by atoms with Crippen LogP contribution in [0.5, 0.6) is 0 Å². The molecule has 6 nitrogen and oxygen atoms in total. The second kappa shape index (κ2) is 24.9. The van der Waals surface area contributed by atoms with E-state index in [0.717, 1.165) is 33.4 Å². The quantitative estimate of drug-likeness (QED) is 0.136. The Morgan fingerprint density at radius 3 is 0.811 bits per heavy atom. The smallest absolute Gasteiger partial charge is 0.164 e. The number of fused-ring (bicyclic) bond motifs is 12. The summed E-state index contributed by atoms with van der Waals surface area (Å²) in [6.45, 7) is 14.1. The van der Waals surface area contributed by atoms with E-state index in [2.05, 4.69) is 308 Å². The summed E-state index contributed by atoms with van der Waals surface area (Å²) in [5.41, 5.74) is 33.5. The molecule has 0 aliphatic heterocycles. The SMILES string of the molecule is CC1(C)c2cc(-c3nc(-c4ccccc4)nc(-c4ccccc4)n3)ccc2-c2ccc(-c3cccc4c3-c3ccccc3C4(c3ccccc3)c3ccccc3)cc21.CC1(C)c2ccccc2-c2ccc(-c3ccc4c(c3)C(C)(C)c3cc(-c5nc(-c6ccccc6)nc(-c6ccccc6)n5)ccc3-4)cc21. The molecule has 20 rings (SSSR count). The summed E-state index contributed by atoms with van der Waals surface area (Å²) < 4.78 is 0. The van der Waals surface area contributed by atoms with E-state index in [9.17, 15) is 0 Å². The van der Waals surface area contributed by atoms with Gasteiger partial charge in [0.05, 0.1) is 5.41 Å². The van der Waals surface area contributed by atoms with Gasteiger partial charge in [-0.3, -0.25) is 0 Å². The zero-order valence-electron chi connectivity index (χ0n) is 60.0. The molecule has 4 aliphatic carbocycles. The van der Waals surface area contributed by atoms with Gasteiger partial charge >= 0.3 is 0 Å². The van der Waals surface area contributed by atoms with Gasteiger partial charge in [-0.05, 0) is 153 Å². The third-order valence-electron chi connectivity index (χ3n) is 23.0. The Kier molecular flexibility index (Phi) is 15.0. The van der Waals surface area contributed by atoms with Crippen LogP contribution in [0.4, 0.5) is 0 Å². The lowest BCUT2D eigenvalue weighted by Crippen LogP contribution is -2.28. The van der Waals surface area contributed by atoms with E-state index in [4.69, 9.17) is 29.9 Å². The van der Waals surface area contributed by atoms with Crippen molar-refractivity contribution in [3.05, 3.63) is 395 Å². The zero-order valence-corrected chi connectivity index (χ0v) is 60.0. The third-order valence-corrected chi connectivity index (χ3v) is 23.0. The summed E-state index contributed by atoms with van der Waals surface area (Å²) in [6, 6.07) is 122. The van der Waals surface area contributed by atoms with Crippen LogP contribution in [-0.2, 0) is 21.7 Å². The molecule has 2 heterocycles. The van der Waals surface area contributed by atoms with E-state index in [0.29, 0.717) is 34.9 Å². The standard InChI is InChI=1S/C55H39N3.C45H35N3/c1-54(2)48-34-38(42-27-17-29-47-50(42)45-26-15-16-28-46(45)55(47,40-22-11-5-12-23-40)41-24-13-6-14-25-41)30-32-43(48)44-33-31-39(35-49(44)54)53-57-51(36-18-7-3-8-19-36)56-52(58-53)37-20-9-4-10-21-37;1-44(2)37-18-12-11-17-33(37)34-22-19-30(25-38(34)44)31-20-23-35-36-24-21-32(27-40(36)45(3,4)39(35)26-31)43-47-41(28-13-7-5-8-14-28)46-42(48-43)29-15-9-6-10-16-29/h3-35H,1-2H3;5-27H,1-4H3. The minimum Gasteiger partial charge on any atom is -0.208 e. The molecule has 16 aromatic rings. The van der Waals surface area contributed by atoms with Crippen molar-refractivity contribution in [1.82, 2.24) is 29.9 Å². The molecule has 4 aliphatic rings. The fourth-order valence-corrected chi connectivity index (χ4v) is 17.6. The van der Waals surface area contributed by atoms with Crippen LogP contribution in [0.15, 0.2) is 340 Å². The zero-order chi connectivity index (χ0) is 71.5. The molecule has 6 heteroatoms. The number of benzene rings is 14. The van der Waals surface area contributed by atoms with Gasteiger partial charge < -0.3 is 0 Å². The fraction of sp³-hybridized carbons (Fsp3) is 0.100. The molecular weight excluding hydrogens is 1290 g/mol. The second-order valence-electron chi connectivity index (χ2n) is 30.1. The average Bonchev–Trinajstić information content (AvgIpc) is 1.53. The molecule has 0 fully saturated rings. The summed E-state index contributed by atoms with van der Waals surface area (Å²) >= 11 is 0. The van der Waals surface area contributed by atoms with Crippen LogP contribution in [0, 0.1) is 0 Å². The van der Waals surface area contributed by atoms with Gasteiger partial charge in [0.2, 0.25) is 0 Å². The highest BCUT2D eigenvalue weighted by Gasteiger charge is 2.47. The predicted octanol–water partition coefficient (Wildman–Crippen LogP) is 24.4. The lowest BCUT2D eigenvalue weighted by Gasteiger charge is -2.34. The topological polar surface area (TPSA) is 77.3 Å². The first kappa shape index (κ1) is 64.0. The van der Waals surface area contributed by atoms with Crippen molar-refractivity contribution >= 4 is 0 Å². The maximum Gasteiger partial charge on any atom is 0.164 e. The van der Waals surface area contributed by atoms with E-state index >= 15 is 0 Å². The number of hydrogen-bond donors (Lipinski definition) is 0. The molecule has 0 amide bonds. The highest BCUT2D eigenvalue weighted by molar-refractivity contribution is 5.97. The molecule has 0 radical (unpaired) electrons. The molecule has 0 bridgehead atoms. The highest BCUT2D eigenvalue weighted by Crippen LogP contribution is 2.60. The molecule has 0 unspecified atom stereocenters. The number of nitrogens with zero attached hydrogens (tertiary/aromatic N) is 6. The van der Waals surface area contributed by atoms with Gasteiger partial charge in [0, 0.05) is 49.6 Å². The maximum atomic E-state index is 5.06. The molecule has 14 aromatic carbocycles. The van der Waals surface area contributed by atoms with Crippen LogP contribution in [0.25, 0.3) is 135 Å². The second-order valence-corrected chi connectivity index (χ2v) is 30.1. The maximum absolute atomic E-state index is 5.06. The van der Waals surface area contributed by atoms with Gasteiger partial charge in [-0.25, -0.2) is 29.9 Å². The first-order valence-electron chi connectivity index (χ1n) is 36.7. The van der Waals surface area contributed by atoms with Gasteiger partial charge in [-0.15, -0.1) is 0 Å². The summed E-state index contributed by atoms with van der Waals surface area (Å²) in [5, 5.41) is 0. The Morgan fingerprint density at radius 2 is 0.425 bits per heavy atom. The van der Waals surface area contributed by atoms with Crippen molar-refractivity contribution in [1.29, 1.82) is 0 Å². The van der Waals surface area contributed by atoms with E-state index in [1.807, 2.05) is 72.8 Å². The molecule has 106 heavy (non-hydrogen) atoms. The molecular formula is C100H74N6. The Balaban J connectivity index is 0.000000148. The van der Waals surface area contributed by atoms with Crippen molar-refractivity contribution in [3.63, 3.8) is 0 Å². The molecule has 2 aromatic heterocycles. The summed E-state index contributed by atoms with van der Waals surface area (Å²) in [5.74, 6) is 4.03. The van der Waals surface area contributed by atoms with Gasteiger partial charge in [-0.2, -0.15) is 0 Å². The normalized spacial score (nSPS) is 14.2. The van der Waals surface area contributed by atoms with Crippen molar-refractivity contribution in [2.45, 2.75) is 63.2 Å². The van der Waals surface area contributed by atoms with Crippen LogP contribution in [0.3, 0.4) is 0 Å². The van der Waals surface area contributed by atoms with E-state index in [1.54, 1.807) is 0 Å². The Labute approximate surface area is 619 Å². The minimum atomic E-state index is -0.442. The van der Waals surface area contributed by atoms with Crippen LogP contribution in [0.1, 0.15) is 97.2 Å². The van der Waals surface area contributed by atoms with E-state index < -0.39 is 5.41 Å². The van der Waals surface area contributed by atoms with Gasteiger partial charge in [-0.1, -0.05) is 351 Å². The van der Waals surface area contributed by atoms with Crippen molar-refractivity contribution in [3.8, 4) is 135 Å².